The fourth-order valence-corrected chi connectivity index (χ4v) is 1.17. The Morgan fingerprint density at radius 3 is 2.56 bits per heavy atom. The van der Waals surface area contributed by atoms with Gasteiger partial charge in [-0.15, -0.1) is 0 Å². The van der Waals surface area contributed by atoms with Crippen molar-refractivity contribution in [3.63, 3.8) is 0 Å². The van der Waals surface area contributed by atoms with Crippen molar-refractivity contribution in [1.82, 2.24) is 5.32 Å². The van der Waals surface area contributed by atoms with Crippen LogP contribution in [-0.2, 0) is 0 Å². The Morgan fingerprint density at radius 2 is 2.06 bits per heavy atom. The summed E-state index contributed by atoms with van der Waals surface area (Å²) in [6.07, 6.45) is 0. The zero-order valence-corrected chi connectivity index (χ0v) is 9.92. The van der Waals surface area contributed by atoms with Gasteiger partial charge in [0.2, 0.25) is 0 Å². The number of anilines is 1. The number of nitro groups is 1. The largest absolute Gasteiger partial charge is 0.396 e. The van der Waals surface area contributed by atoms with Gasteiger partial charge in [-0.2, -0.15) is 0 Å². The van der Waals surface area contributed by atoms with Gasteiger partial charge < -0.3 is 15.7 Å². The molecule has 1 aromatic carbocycles. The van der Waals surface area contributed by atoms with E-state index in [0.29, 0.717) is 12.2 Å². The molecule has 0 aliphatic rings. The van der Waals surface area contributed by atoms with Crippen LogP contribution < -0.4 is 10.6 Å². The fourth-order valence-electron chi connectivity index (χ4n) is 1.17. The number of amides is 2. The maximum Gasteiger partial charge on any atom is 0.319 e. The molecule has 0 aliphatic heterocycles. The minimum Gasteiger partial charge on any atom is -0.396 e. The summed E-state index contributed by atoms with van der Waals surface area (Å²) in [6.45, 7) is 2.15. The molecular formula is C11H15N3O4. The third-order valence-corrected chi connectivity index (χ3v) is 2.26. The van der Waals surface area contributed by atoms with Crippen LogP contribution in [0, 0.1) is 16.0 Å². The number of nitro benzene ring substituents is 1. The van der Waals surface area contributed by atoms with Crippen molar-refractivity contribution in [2.45, 2.75) is 6.92 Å². The van der Waals surface area contributed by atoms with E-state index in [0.717, 1.165) is 0 Å². The highest BCUT2D eigenvalue weighted by Crippen LogP contribution is 2.15. The molecule has 1 aromatic rings. The molecule has 7 heteroatoms. The lowest BCUT2D eigenvalue weighted by atomic mass is 10.2. The number of benzene rings is 1. The molecule has 0 heterocycles. The van der Waals surface area contributed by atoms with Crippen LogP contribution in [0.4, 0.5) is 16.2 Å². The van der Waals surface area contributed by atoms with E-state index in [1.165, 1.54) is 24.3 Å². The maximum atomic E-state index is 11.4. The smallest absolute Gasteiger partial charge is 0.319 e. The highest BCUT2D eigenvalue weighted by atomic mass is 16.6. The van der Waals surface area contributed by atoms with Crippen LogP contribution in [-0.4, -0.2) is 29.2 Å². The van der Waals surface area contributed by atoms with Gasteiger partial charge in [0.05, 0.1) is 4.92 Å². The Kier molecular flexibility index (Phi) is 5.06. The summed E-state index contributed by atoms with van der Waals surface area (Å²) in [5, 5.41) is 24.3. The second-order valence-corrected chi connectivity index (χ2v) is 3.93. The molecule has 1 atom stereocenters. The molecule has 18 heavy (non-hydrogen) atoms. The zero-order chi connectivity index (χ0) is 13.5. The molecule has 0 aromatic heterocycles. The van der Waals surface area contributed by atoms with E-state index in [-0.39, 0.29) is 18.2 Å². The lowest BCUT2D eigenvalue weighted by Crippen LogP contribution is -2.33. The van der Waals surface area contributed by atoms with Crippen LogP contribution in [0.2, 0.25) is 0 Å². The maximum absolute atomic E-state index is 11.4. The average Bonchev–Trinajstić information content (AvgIpc) is 2.36. The summed E-state index contributed by atoms with van der Waals surface area (Å²) in [7, 11) is 0. The predicted octanol–water partition coefficient (Wildman–Crippen LogP) is 1.34. The third kappa shape index (κ3) is 4.38. The quantitative estimate of drug-likeness (QED) is 0.544. The minimum atomic E-state index is -0.507. The molecule has 98 valence electrons. The molecule has 7 nitrogen and oxygen atoms in total. The second-order valence-electron chi connectivity index (χ2n) is 3.93. The molecule has 2 amide bonds. The highest BCUT2D eigenvalue weighted by Gasteiger charge is 2.07. The predicted molar refractivity (Wildman–Crippen MR) is 66.4 cm³/mol. The third-order valence-electron chi connectivity index (χ3n) is 2.26. The van der Waals surface area contributed by atoms with Crippen LogP contribution in [0.3, 0.4) is 0 Å². The number of nitrogens with one attached hydrogen (secondary N) is 2. The summed E-state index contributed by atoms with van der Waals surface area (Å²) in [5.74, 6) is -0.0207. The van der Waals surface area contributed by atoms with Gasteiger partial charge in [0.15, 0.2) is 0 Å². The number of urea groups is 1. The summed E-state index contributed by atoms with van der Waals surface area (Å²) in [5.41, 5.74) is 0.435. The van der Waals surface area contributed by atoms with E-state index in [1.54, 1.807) is 6.92 Å². The van der Waals surface area contributed by atoms with Crippen molar-refractivity contribution in [2.75, 3.05) is 18.5 Å². The monoisotopic (exact) mass is 253 g/mol. The summed E-state index contributed by atoms with van der Waals surface area (Å²) in [4.78, 5) is 21.3. The van der Waals surface area contributed by atoms with Crippen molar-refractivity contribution >= 4 is 17.4 Å². The first-order valence-electron chi connectivity index (χ1n) is 5.43. The van der Waals surface area contributed by atoms with E-state index in [9.17, 15) is 14.9 Å². The minimum absolute atomic E-state index is 0.00217. The average molecular weight is 253 g/mol. The molecular weight excluding hydrogens is 238 g/mol. The van der Waals surface area contributed by atoms with E-state index >= 15 is 0 Å². The highest BCUT2D eigenvalue weighted by molar-refractivity contribution is 5.89. The van der Waals surface area contributed by atoms with Crippen LogP contribution in [0.5, 0.6) is 0 Å². The topological polar surface area (TPSA) is 104 Å². The molecule has 1 unspecified atom stereocenters. The van der Waals surface area contributed by atoms with Crippen molar-refractivity contribution < 1.29 is 14.8 Å². The van der Waals surface area contributed by atoms with E-state index < -0.39 is 11.0 Å². The van der Waals surface area contributed by atoms with Gasteiger partial charge in [-0.1, -0.05) is 6.92 Å². The van der Waals surface area contributed by atoms with Gasteiger partial charge in [0, 0.05) is 31.0 Å². The van der Waals surface area contributed by atoms with Gasteiger partial charge in [0.1, 0.15) is 0 Å². The number of aliphatic hydroxyl groups excluding tert-OH is 1. The number of carbonyl (C=O) groups is 1. The van der Waals surface area contributed by atoms with Gasteiger partial charge in [-0.05, 0) is 18.1 Å². The van der Waals surface area contributed by atoms with Crippen LogP contribution in [0.1, 0.15) is 6.92 Å². The number of rotatable bonds is 5. The van der Waals surface area contributed by atoms with Gasteiger partial charge in [0.25, 0.3) is 5.69 Å². The lowest BCUT2D eigenvalue weighted by Gasteiger charge is -2.10. The van der Waals surface area contributed by atoms with Crippen molar-refractivity contribution in [1.29, 1.82) is 0 Å². The first-order chi connectivity index (χ1) is 8.52. The molecule has 0 fully saturated rings. The Hall–Kier alpha value is -2.15. The molecule has 1 rings (SSSR count). The standard InChI is InChI=1S/C11H15N3O4/c1-8(7-15)6-12-11(16)13-9-2-4-10(5-3-9)14(17)18/h2-5,8,15H,6-7H2,1H3,(H2,12,13,16). The number of non-ortho nitro benzene ring substituents is 1. The normalized spacial score (nSPS) is 11.7. The Bertz CT molecular complexity index is 419. The first-order valence-corrected chi connectivity index (χ1v) is 5.43. The van der Waals surface area contributed by atoms with Crippen molar-refractivity contribution in [3.05, 3.63) is 34.4 Å². The summed E-state index contributed by atoms with van der Waals surface area (Å²) < 4.78 is 0. The van der Waals surface area contributed by atoms with E-state index in [1.807, 2.05) is 0 Å². The number of nitrogens with zero attached hydrogens (tertiary/aromatic N) is 1. The van der Waals surface area contributed by atoms with E-state index in [2.05, 4.69) is 10.6 Å². The summed E-state index contributed by atoms with van der Waals surface area (Å²) in [6, 6.07) is 5.11. The number of aliphatic hydroxyl groups is 1. The van der Waals surface area contributed by atoms with Crippen LogP contribution >= 0.6 is 0 Å². The molecule has 0 saturated carbocycles. The van der Waals surface area contributed by atoms with Gasteiger partial charge in [-0.3, -0.25) is 10.1 Å². The molecule has 0 saturated heterocycles. The number of hydrogen-bond acceptors (Lipinski definition) is 4. The van der Waals surface area contributed by atoms with Gasteiger partial charge in [-0.25, -0.2) is 4.79 Å². The molecule has 3 N–H and O–H groups in total. The molecule has 0 bridgehead atoms. The second kappa shape index (κ2) is 6.55. The summed E-state index contributed by atoms with van der Waals surface area (Å²) >= 11 is 0. The van der Waals surface area contributed by atoms with Crippen LogP contribution in [0.15, 0.2) is 24.3 Å². The SMILES string of the molecule is CC(CO)CNC(=O)Nc1ccc([N+](=O)[O-])cc1. The molecule has 0 spiro atoms. The van der Waals surface area contributed by atoms with Crippen LogP contribution in [0.25, 0.3) is 0 Å². The Balaban J connectivity index is 2.47. The number of carbonyl (C=O) groups excluding carboxylic acids is 1. The van der Waals surface area contributed by atoms with Crippen molar-refractivity contribution in [2.24, 2.45) is 5.92 Å². The molecule has 0 radical (unpaired) electrons. The van der Waals surface area contributed by atoms with E-state index in [4.69, 9.17) is 5.11 Å². The van der Waals surface area contributed by atoms with Gasteiger partial charge >= 0.3 is 6.03 Å². The fraction of sp³-hybridized carbons (Fsp3) is 0.364. The number of hydrogen-bond donors (Lipinski definition) is 3. The first kappa shape index (κ1) is 13.9. The lowest BCUT2D eigenvalue weighted by molar-refractivity contribution is -0.384. The molecule has 0 aliphatic carbocycles. The Morgan fingerprint density at radius 1 is 1.44 bits per heavy atom. The van der Waals surface area contributed by atoms with Crippen molar-refractivity contribution in [3.8, 4) is 0 Å². The zero-order valence-electron chi connectivity index (χ0n) is 9.92. The Labute approximate surface area is 104 Å².